The number of carbonyl (C=O) groups excluding carboxylic acids is 1. The van der Waals surface area contributed by atoms with Crippen molar-refractivity contribution in [3.05, 3.63) is 74.2 Å². The Balaban J connectivity index is 2.16. The first-order chi connectivity index (χ1) is 9.99. The molecule has 0 N–H and O–H groups in total. The van der Waals surface area contributed by atoms with E-state index < -0.39 is 17.0 Å². The largest absolute Gasteiger partial charge is 0.454 e. The number of nitrogens with zero attached hydrogens (tertiary/aromatic N) is 1. The van der Waals surface area contributed by atoms with Crippen molar-refractivity contribution >= 4 is 27.6 Å². The number of hydrogen-bond donors (Lipinski definition) is 0. The van der Waals surface area contributed by atoms with Crippen LogP contribution in [0.3, 0.4) is 0 Å². The SMILES string of the molecule is CC(OC(=O)c1ccccc1Br)c1cccc([N+](=O)[O-])c1. The second kappa shape index (κ2) is 6.49. The van der Waals surface area contributed by atoms with Gasteiger partial charge in [0.1, 0.15) is 6.10 Å². The summed E-state index contributed by atoms with van der Waals surface area (Å²) in [4.78, 5) is 22.4. The number of halogens is 1. The predicted molar refractivity (Wildman–Crippen MR) is 81.1 cm³/mol. The summed E-state index contributed by atoms with van der Waals surface area (Å²) in [7, 11) is 0. The number of esters is 1. The lowest BCUT2D eigenvalue weighted by Crippen LogP contribution is -2.10. The molecule has 0 aliphatic rings. The van der Waals surface area contributed by atoms with Gasteiger partial charge in [0, 0.05) is 16.6 Å². The summed E-state index contributed by atoms with van der Waals surface area (Å²) >= 11 is 3.28. The van der Waals surface area contributed by atoms with E-state index in [1.54, 1.807) is 43.3 Å². The molecule has 1 unspecified atom stereocenters. The third-order valence-electron chi connectivity index (χ3n) is 2.93. The first-order valence-corrected chi connectivity index (χ1v) is 6.98. The Morgan fingerprint density at radius 2 is 1.95 bits per heavy atom. The summed E-state index contributed by atoms with van der Waals surface area (Å²) in [5.74, 6) is -0.485. The van der Waals surface area contributed by atoms with E-state index in [0.29, 0.717) is 15.6 Å². The van der Waals surface area contributed by atoms with Crippen LogP contribution in [0, 0.1) is 10.1 Å². The number of hydrogen-bond acceptors (Lipinski definition) is 4. The van der Waals surface area contributed by atoms with Gasteiger partial charge in [0.05, 0.1) is 10.5 Å². The van der Waals surface area contributed by atoms with Gasteiger partial charge in [-0.15, -0.1) is 0 Å². The van der Waals surface area contributed by atoms with Gasteiger partial charge in [-0.3, -0.25) is 10.1 Å². The van der Waals surface area contributed by atoms with Gasteiger partial charge < -0.3 is 4.74 Å². The van der Waals surface area contributed by atoms with Crippen molar-refractivity contribution < 1.29 is 14.5 Å². The minimum atomic E-state index is -0.579. The van der Waals surface area contributed by atoms with E-state index in [2.05, 4.69) is 15.9 Å². The Kier molecular flexibility index (Phi) is 4.70. The van der Waals surface area contributed by atoms with E-state index >= 15 is 0 Å². The number of ether oxygens (including phenoxy) is 1. The van der Waals surface area contributed by atoms with Crippen LogP contribution in [-0.2, 0) is 4.74 Å². The van der Waals surface area contributed by atoms with Gasteiger partial charge in [0.2, 0.25) is 0 Å². The Hall–Kier alpha value is -2.21. The summed E-state index contributed by atoms with van der Waals surface area (Å²) < 4.78 is 5.99. The zero-order chi connectivity index (χ0) is 15.4. The highest BCUT2D eigenvalue weighted by molar-refractivity contribution is 9.10. The van der Waals surface area contributed by atoms with Crippen LogP contribution < -0.4 is 0 Å². The van der Waals surface area contributed by atoms with Crippen LogP contribution >= 0.6 is 15.9 Å². The average molecular weight is 350 g/mol. The molecule has 0 aliphatic heterocycles. The van der Waals surface area contributed by atoms with Crippen molar-refractivity contribution in [3.8, 4) is 0 Å². The Morgan fingerprint density at radius 3 is 2.62 bits per heavy atom. The molecular formula is C15H12BrNO4. The second-order valence-electron chi connectivity index (χ2n) is 4.38. The van der Waals surface area contributed by atoms with Crippen LogP contribution in [0.2, 0.25) is 0 Å². The van der Waals surface area contributed by atoms with E-state index in [1.165, 1.54) is 12.1 Å². The van der Waals surface area contributed by atoms with Gasteiger partial charge in [-0.1, -0.05) is 24.3 Å². The molecule has 0 aliphatic carbocycles. The lowest BCUT2D eigenvalue weighted by molar-refractivity contribution is -0.385. The quantitative estimate of drug-likeness (QED) is 0.469. The van der Waals surface area contributed by atoms with Crippen LogP contribution in [-0.4, -0.2) is 10.9 Å². The van der Waals surface area contributed by atoms with E-state index in [1.807, 2.05) is 0 Å². The molecule has 0 fully saturated rings. The predicted octanol–water partition coefficient (Wildman–Crippen LogP) is 4.28. The smallest absolute Gasteiger partial charge is 0.339 e. The van der Waals surface area contributed by atoms with E-state index in [9.17, 15) is 14.9 Å². The summed E-state index contributed by atoms with van der Waals surface area (Å²) in [6.45, 7) is 1.67. The van der Waals surface area contributed by atoms with Gasteiger partial charge in [-0.25, -0.2) is 4.79 Å². The third kappa shape index (κ3) is 3.66. The van der Waals surface area contributed by atoms with Crippen molar-refractivity contribution in [2.45, 2.75) is 13.0 Å². The molecule has 21 heavy (non-hydrogen) atoms. The molecule has 0 amide bonds. The minimum absolute atomic E-state index is 0.0312. The number of benzene rings is 2. The molecule has 0 spiro atoms. The van der Waals surface area contributed by atoms with E-state index in [4.69, 9.17) is 4.74 Å². The Morgan fingerprint density at radius 1 is 1.24 bits per heavy atom. The highest BCUT2D eigenvalue weighted by atomic mass is 79.9. The van der Waals surface area contributed by atoms with Crippen molar-refractivity contribution in [2.24, 2.45) is 0 Å². The van der Waals surface area contributed by atoms with Gasteiger partial charge in [-0.2, -0.15) is 0 Å². The van der Waals surface area contributed by atoms with Gasteiger partial charge >= 0.3 is 5.97 Å². The molecule has 2 rings (SSSR count). The molecule has 108 valence electrons. The summed E-state index contributed by atoms with van der Waals surface area (Å²) in [6, 6.07) is 13.0. The Bertz CT molecular complexity index is 687. The highest BCUT2D eigenvalue weighted by Gasteiger charge is 2.17. The fourth-order valence-electron chi connectivity index (χ4n) is 1.81. The maximum atomic E-state index is 12.1. The maximum absolute atomic E-state index is 12.1. The van der Waals surface area contributed by atoms with E-state index in [0.717, 1.165) is 0 Å². The number of non-ortho nitro benzene ring substituents is 1. The standard InChI is InChI=1S/C15H12BrNO4/c1-10(11-5-4-6-12(9-11)17(19)20)21-15(18)13-7-2-3-8-14(13)16/h2-10H,1H3. The maximum Gasteiger partial charge on any atom is 0.339 e. The van der Waals surface area contributed by atoms with Crippen molar-refractivity contribution in [3.63, 3.8) is 0 Å². The fourth-order valence-corrected chi connectivity index (χ4v) is 2.26. The van der Waals surface area contributed by atoms with Crippen LogP contribution in [0.25, 0.3) is 0 Å². The molecule has 2 aromatic carbocycles. The molecule has 5 nitrogen and oxygen atoms in total. The van der Waals surface area contributed by atoms with Gasteiger partial charge in [0.15, 0.2) is 0 Å². The topological polar surface area (TPSA) is 69.4 Å². The van der Waals surface area contributed by atoms with Crippen LogP contribution in [0.1, 0.15) is 28.9 Å². The molecule has 0 aromatic heterocycles. The van der Waals surface area contributed by atoms with Crippen molar-refractivity contribution in [1.82, 2.24) is 0 Å². The number of nitro benzene ring substituents is 1. The lowest BCUT2D eigenvalue weighted by Gasteiger charge is -2.14. The molecule has 0 radical (unpaired) electrons. The average Bonchev–Trinajstić information content (AvgIpc) is 2.47. The fraction of sp³-hybridized carbons (Fsp3) is 0.133. The zero-order valence-corrected chi connectivity index (χ0v) is 12.7. The summed E-state index contributed by atoms with van der Waals surface area (Å²) in [5, 5.41) is 10.8. The first-order valence-electron chi connectivity index (χ1n) is 6.19. The number of rotatable bonds is 4. The summed E-state index contributed by atoms with van der Waals surface area (Å²) in [6.07, 6.45) is -0.579. The zero-order valence-electron chi connectivity index (χ0n) is 11.2. The van der Waals surface area contributed by atoms with Crippen LogP contribution in [0.15, 0.2) is 53.0 Å². The lowest BCUT2D eigenvalue weighted by atomic mass is 10.1. The number of nitro groups is 1. The molecule has 1 atom stereocenters. The van der Waals surface area contributed by atoms with Gasteiger partial charge in [0.25, 0.3) is 5.69 Å². The molecular weight excluding hydrogens is 338 g/mol. The summed E-state index contributed by atoms with van der Waals surface area (Å²) in [5.41, 5.74) is 0.954. The van der Waals surface area contributed by atoms with Crippen molar-refractivity contribution in [1.29, 1.82) is 0 Å². The molecule has 6 heteroatoms. The third-order valence-corrected chi connectivity index (χ3v) is 3.62. The van der Waals surface area contributed by atoms with Gasteiger partial charge in [-0.05, 0) is 40.5 Å². The molecule has 0 heterocycles. The first kappa shape index (κ1) is 15.2. The molecule has 2 aromatic rings. The highest BCUT2D eigenvalue weighted by Crippen LogP contribution is 2.24. The molecule has 0 bridgehead atoms. The number of carbonyl (C=O) groups is 1. The Labute approximate surface area is 129 Å². The minimum Gasteiger partial charge on any atom is -0.454 e. The second-order valence-corrected chi connectivity index (χ2v) is 5.23. The molecule has 0 saturated carbocycles. The normalized spacial score (nSPS) is 11.7. The van der Waals surface area contributed by atoms with Crippen molar-refractivity contribution in [2.75, 3.05) is 0 Å². The molecule has 0 saturated heterocycles. The van der Waals surface area contributed by atoms with Crippen LogP contribution in [0.5, 0.6) is 0 Å². The van der Waals surface area contributed by atoms with E-state index in [-0.39, 0.29) is 5.69 Å². The van der Waals surface area contributed by atoms with Crippen LogP contribution in [0.4, 0.5) is 5.69 Å². The monoisotopic (exact) mass is 349 g/mol.